The third kappa shape index (κ3) is 4.12. The van der Waals surface area contributed by atoms with Crippen LogP contribution in [0.25, 0.3) is 0 Å². The second kappa shape index (κ2) is 7.62. The summed E-state index contributed by atoms with van der Waals surface area (Å²) in [5, 5.41) is 19.0. The highest BCUT2D eigenvalue weighted by Crippen LogP contribution is 2.30. The van der Waals surface area contributed by atoms with E-state index in [1.54, 1.807) is 0 Å². The lowest BCUT2D eigenvalue weighted by atomic mass is 9.89. The molecule has 3 nitrogen and oxygen atoms in total. The number of aliphatic hydroxyl groups is 2. The fraction of sp³-hybridized carbons (Fsp3) is 0.400. The standard InChI is InChI=1S/C20H24O3/c21-13-19(22)11-18-10-16-8-4-5-9-17(16)12-20(18)23-14-15-6-2-1-3-7-15/h1-3,6-7,10,12,19,21-22H,4-5,8-9,11,13-14H2. The summed E-state index contributed by atoms with van der Waals surface area (Å²) in [5.41, 5.74) is 4.84. The van der Waals surface area contributed by atoms with Gasteiger partial charge in [-0.3, -0.25) is 0 Å². The zero-order valence-corrected chi connectivity index (χ0v) is 13.4. The molecule has 2 aromatic carbocycles. The number of aliphatic hydroxyl groups excluding tert-OH is 2. The van der Waals surface area contributed by atoms with Crippen molar-refractivity contribution in [2.75, 3.05) is 6.61 Å². The maximum atomic E-state index is 9.82. The molecule has 0 bridgehead atoms. The number of ether oxygens (including phenoxy) is 1. The average molecular weight is 312 g/mol. The molecule has 0 saturated heterocycles. The summed E-state index contributed by atoms with van der Waals surface area (Å²) >= 11 is 0. The molecule has 0 fully saturated rings. The van der Waals surface area contributed by atoms with E-state index in [-0.39, 0.29) is 6.61 Å². The Bertz CT molecular complexity index is 637. The molecule has 3 heteroatoms. The van der Waals surface area contributed by atoms with Gasteiger partial charge in [0.15, 0.2) is 0 Å². The Morgan fingerprint density at radius 2 is 1.70 bits per heavy atom. The van der Waals surface area contributed by atoms with E-state index in [2.05, 4.69) is 12.1 Å². The highest BCUT2D eigenvalue weighted by atomic mass is 16.5. The van der Waals surface area contributed by atoms with Gasteiger partial charge >= 0.3 is 0 Å². The van der Waals surface area contributed by atoms with Crippen molar-refractivity contribution in [2.45, 2.75) is 44.8 Å². The second-order valence-electron chi connectivity index (χ2n) is 6.25. The van der Waals surface area contributed by atoms with Gasteiger partial charge in [-0.05, 0) is 54.0 Å². The van der Waals surface area contributed by atoms with Crippen molar-refractivity contribution in [3.05, 3.63) is 64.7 Å². The maximum absolute atomic E-state index is 9.82. The van der Waals surface area contributed by atoms with Gasteiger partial charge in [-0.15, -0.1) is 0 Å². The van der Waals surface area contributed by atoms with Crippen LogP contribution in [0.1, 0.15) is 35.1 Å². The van der Waals surface area contributed by atoms with Gasteiger partial charge in [0.2, 0.25) is 0 Å². The molecule has 1 aliphatic carbocycles. The molecule has 0 aliphatic heterocycles. The normalized spacial score (nSPS) is 15.0. The van der Waals surface area contributed by atoms with Crippen molar-refractivity contribution in [1.29, 1.82) is 0 Å². The predicted molar refractivity (Wildman–Crippen MR) is 90.7 cm³/mol. The van der Waals surface area contributed by atoms with Crippen LogP contribution in [-0.2, 0) is 25.9 Å². The molecule has 122 valence electrons. The molecule has 0 saturated carbocycles. The van der Waals surface area contributed by atoms with E-state index < -0.39 is 6.10 Å². The van der Waals surface area contributed by atoms with Gasteiger partial charge in [0.25, 0.3) is 0 Å². The van der Waals surface area contributed by atoms with Gasteiger partial charge < -0.3 is 14.9 Å². The first kappa shape index (κ1) is 16.0. The fourth-order valence-corrected chi connectivity index (χ4v) is 3.16. The van der Waals surface area contributed by atoms with E-state index >= 15 is 0 Å². The van der Waals surface area contributed by atoms with Gasteiger partial charge in [-0.25, -0.2) is 0 Å². The van der Waals surface area contributed by atoms with E-state index in [1.165, 1.54) is 24.0 Å². The van der Waals surface area contributed by atoms with Crippen LogP contribution in [0.15, 0.2) is 42.5 Å². The van der Waals surface area contributed by atoms with Gasteiger partial charge in [-0.2, -0.15) is 0 Å². The van der Waals surface area contributed by atoms with Gasteiger partial charge in [0, 0.05) is 6.42 Å². The molecule has 0 heterocycles. The van der Waals surface area contributed by atoms with Crippen molar-refractivity contribution in [3.63, 3.8) is 0 Å². The summed E-state index contributed by atoms with van der Waals surface area (Å²) < 4.78 is 6.04. The SMILES string of the molecule is OCC(O)Cc1cc2c(cc1OCc1ccccc1)CCCC2. The number of rotatable bonds is 6. The Balaban J connectivity index is 1.83. The van der Waals surface area contributed by atoms with Crippen LogP contribution in [0.3, 0.4) is 0 Å². The highest BCUT2D eigenvalue weighted by Gasteiger charge is 2.16. The van der Waals surface area contributed by atoms with Gasteiger partial charge in [0.1, 0.15) is 12.4 Å². The fourth-order valence-electron chi connectivity index (χ4n) is 3.16. The summed E-state index contributed by atoms with van der Waals surface area (Å²) in [6.07, 6.45) is 4.32. The van der Waals surface area contributed by atoms with Crippen LogP contribution >= 0.6 is 0 Å². The van der Waals surface area contributed by atoms with E-state index in [4.69, 9.17) is 9.84 Å². The second-order valence-corrected chi connectivity index (χ2v) is 6.25. The predicted octanol–water partition coefficient (Wildman–Crippen LogP) is 3.04. The molecule has 3 rings (SSSR count). The molecule has 2 N–H and O–H groups in total. The molecule has 1 aliphatic rings. The quantitative estimate of drug-likeness (QED) is 0.862. The molecule has 0 aromatic heterocycles. The largest absolute Gasteiger partial charge is 0.489 e. The van der Waals surface area contributed by atoms with Crippen LogP contribution in [0.5, 0.6) is 5.75 Å². The van der Waals surface area contributed by atoms with Gasteiger partial charge in [0.05, 0.1) is 12.7 Å². The average Bonchev–Trinajstić information content (AvgIpc) is 2.60. The smallest absolute Gasteiger partial charge is 0.123 e. The minimum absolute atomic E-state index is 0.227. The van der Waals surface area contributed by atoms with Crippen LogP contribution in [0, 0.1) is 0 Å². The first-order chi connectivity index (χ1) is 11.3. The molecule has 1 unspecified atom stereocenters. The van der Waals surface area contributed by atoms with E-state index in [1.807, 2.05) is 30.3 Å². The lowest BCUT2D eigenvalue weighted by Crippen LogP contribution is -2.17. The Morgan fingerprint density at radius 3 is 2.39 bits per heavy atom. The van der Waals surface area contributed by atoms with Crippen LogP contribution in [-0.4, -0.2) is 22.9 Å². The molecule has 0 spiro atoms. The monoisotopic (exact) mass is 312 g/mol. The van der Waals surface area contributed by atoms with Crippen molar-refractivity contribution in [3.8, 4) is 5.75 Å². The molecule has 0 radical (unpaired) electrons. The highest BCUT2D eigenvalue weighted by molar-refractivity contribution is 5.44. The minimum atomic E-state index is -0.740. The van der Waals surface area contributed by atoms with Crippen molar-refractivity contribution in [2.24, 2.45) is 0 Å². The zero-order chi connectivity index (χ0) is 16.1. The Morgan fingerprint density at radius 1 is 1.00 bits per heavy atom. The minimum Gasteiger partial charge on any atom is -0.489 e. The third-order valence-corrected chi connectivity index (χ3v) is 4.43. The summed E-state index contributed by atoms with van der Waals surface area (Å²) in [5.74, 6) is 0.835. The first-order valence-corrected chi connectivity index (χ1v) is 8.36. The summed E-state index contributed by atoms with van der Waals surface area (Å²) in [7, 11) is 0. The summed E-state index contributed by atoms with van der Waals surface area (Å²) in [6.45, 7) is 0.289. The zero-order valence-electron chi connectivity index (χ0n) is 13.4. The topological polar surface area (TPSA) is 49.7 Å². The first-order valence-electron chi connectivity index (χ1n) is 8.36. The van der Waals surface area contributed by atoms with E-state index in [0.717, 1.165) is 29.7 Å². The molecular formula is C20H24O3. The van der Waals surface area contributed by atoms with E-state index in [0.29, 0.717) is 13.0 Å². The molecule has 23 heavy (non-hydrogen) atoms. The molecule has 0 amide bonds. The lowest BCUT2D eigenvalue weighted by Gasteiger charge is -2.21. The Hall–Kier alpha value is -1.84. The maximum Gasteiger partial charge on any atom is 0.123 e. The van der Waals surface area contributed by atoms with Crippen LogP contribution in [0.4, 0.5) is 0 Å². The number of aryl methyl sites for hydroxylation is 2. The Kier molecular flexibility index (Phi) is 5.31. The summed E-state index contributed by atoms with van der Waals surface area (Å²) in [6, 6.07) is 14.4. The van der Waals surface area contributed by atoms with Gasteiger partial charge in [-0.1, -0.05) is 36.4 Å². The summed E-state index contributed by atoms with van der Waals surface area (Å²) in [4.78, 5) is 0. The number of fused-ring (bicyclic) bond motifs is 1. The molecule has 2 aromatic rings. The van der Waals surface area contributed by atoms with E-state index in [9.17, 15) is 5.11 Å². The van der Waals surface area contributed by atoms with Crippen LogP contribution in [0.2, 0.25) is 0 Å². The third-order valence-electron chi connectivity index (χ3n) is 4.43. The Labute approximate surface area is 137 Å². The van der Waals surface area contributed by atoms with Crippen LogP contribution < -0.4 is 4.74 Å². The number of benzene rings is 2. The van der Waals surface area contributed by atoms with Crippen molar-refractivity contribution in [1.82, 2.24) is 0 Å². The number of hydrogen-bond donors (Lipinski definition) is 2. The number of hydrogen-bond acceptors (Lipinski definition) is 3. The van der Waals surface area contributed by atoms with Crippen molar-refractivity contribution < 1.29 is 14.9 Å². The molecular weight excluding hydrogens is 288 g/mol. The molecule has 1 atom stereocenters. The van der Waals surface area contributed by atoms with Crippen molar-refractivity contribution >= 4 is 0 Å². The lowest BCUT2D eigenvalue weighted by molar-refractivity contribution is 0.0947.